The van der Waals surface area contributed by atoms with Gasteiger partial charge in [0.05, 0.1) is 29.9 Å². The fourth-order valence-corrected chi connectivity index (χ4v) is 6.05. The number of fused-ring (bicyclic) bond motifs is 2. The van der Waals surface area contributed by atoms with Crippen LogP contribution in [0.1, 0.15) is 53.0 Å². The van der Waals surface area contributed by atoms with Gasteiger partial charge in [-0.25, -0.2) is 9.18 Å². The molecule has 0 radical (unpaired) electrons. The maximum atomic E-state index is 14.1. The molecular weight excluding hydrogens is 471 g/mol. The molecule has 3 aliphatic rings. The molecule has 192 valence electrons. The van der Waals surface area contributed by atoms with E-state index >= 15 is 0 Å². The lowest BCUT2D eigenvalue weighted by atomic mass is 10.00. The number of aromatic nitrogens is 2. The summed E-state index contributed by atoms with van der Waals surface area (Å²) < 4.78 is 14.1. The molecule has 2 fully saturated rings. The highest BCUT2D eigenvalue weighted by molar-refractivity contribution is 6.04. The maximum absolute atomic E-state index is 14.1. The van der Waals surface area contributed by atoms with Gasteiger partial charge in [0.25, 0.3) is 5.91 Å². The average molecular weight is 503 g/mol. The molecule has 2 saturated heterocycles. The number of carbonyl (C=O) groups is 2. The van der Waals surface area contributed by atoms with Crippen LogP contribution >= 0.6 is 0 Å². The first-order chi connectivity index (χ1) is 18.0. The summed E-state index contributed by atoms with van der Waals surface area (Å²) in [4.78, 5) is 33.2. The summed E-state index contributed by atoms with van der Waals surface area (Å²) in [7, 11) is 0. The molecular formula is C28H31FN6O2. The topological polar surface area (TPSA) is 84.6 Å². The molecule has 0 aliphatic carbocycles. The number of piperazine rings is 1. The van der Waals surface area contributed by atoms with Gasteiger partial charge in [-0.05, 0) is 50.4 Å². The Balaban J connectivity index is 1.21. The Hall–Kier alpha value is -3.72. The third-order valence-electron chi connectivity index (χ3n) is 8.06. The smallest absolute Gasteiger partial charge is 0.318 e. The van der Waals surface area contributed by atoms with Gasteiger partial charge in [-0.1, -0.05) is 42.5 Å². The van der Waals surface area contributed by atoms with E-state index < -0.39 is 11.7 Å². The normalized spacial score (nSPS) is 23.1. The van der Waals surface area contributed by atoms with Gasteiger partial charge in [-0.2, -0.15) is 5.10 Å². The zero-order chi connectivity index (χ0) is 25.5. The van der Waals surface area contributed by atoms with E-state index in [1.165, 1.54) is 24.1 Å². The molecule has 3 amide bonds. The minimum atomic E-state index is -0.590. The van der Waals surface area contributed by atoms with Gasteiger partial charge in [0.15, 0.2) is 5.82 Å². The van der Waals surface area contributed by atoms with Crippen LogP contribution in [0.5, 0.6) is 0 Å². The van der Waals surface area contributed by atoms with Gasteiger partial charge < -0.3 is 15.1 Å². The summed E-state index contributed by atoms with van der Waals surface area (Å²) in [5.41, 5.74) is 2.75. The molecule has 3 atom stereocenters. The molecule has 8 nitrogen and oxygen atoms in total. The highest BCUT2D eigenvalue weighted by atomic mass is 19.1. The molecule has 0 spiro atoms. The van der Waals surface area contributed by atoms with E-state index in [1.807, 2.05) is 30.0 Å². The number of benzene rings is 2. The maximum Gasteiger partial charge on any atom is 0.321 e. The number of anilines is 1. The van der Waals surface area contributed by atoms with E-state index in [0.717, 1.165) is 43.7 Å². The van der Waals surface area contributed by atoms with Crippen molar-refractivity contribution < 1.29 is 14.0 Å². The highest BCUT2D eigenvalue weighted by Crippen LogP contribution is 2.38. The van der Waals surface area contributed by atoms with Gasteiger partial charge >= 0.3 is 6.03 Å². The molecule has 9 heteroatoms. The largest absolute Gasteiger partial charge is 0.321 e. The monoisotopic (exact) mass is 502 g/mol. The standard InChI is InChI=1S/C28H31FN6O2/c1-18-25-23(26(32-31-25)30-27(36)22-11-5-6-12-24(22)29)17-34(18)28(37)35-16-20-10-7-13-33(20)15-21(35)14-19-8-3-2-4-9-19/h2-6,8-9,11-12,18,20-21H,7,10,13-17H2,1H3,(H2,30,31,32,36)/t18?,20-,21-/m0/s1. The predicted molar refractivity (Wildman–Crippen MR) is 138 cm³/mol. The SMILES string of the molecule is CC1c2[nH]nc(NC(=O)c3ccccc3F)c2CN1C(=O)N1C[C@@H]2CCCN2C[C@@H]1Cc1ccccc1. The first-order valence-corrected chi connectivity index (χ1v) is 13.0. The third-order valence-corrected chi connectivity index (χ3v) is 8.06. The van der Waals surface area contributed by atoms with Crippen LogP contribution in [-0.4, -0.2) is 68.6 Å². The quantitative estimate of drug-likeness (QED) is 0.560. The van der Waals surface area contributed by atoms with Gasteiger partial charge in [-0.15, -0.1) is 0 Å². The predicted octanol–water partition coefficient (Wildman–Crippen LogP) is 4.19. The summed E-state index contributed by atoms with van der Waals surface area (Å²) in [6.45, 7) is 5.01. The molecule has 3 aliphatic heterocycles. The van der Waals surface area contributed by atoms with Crippen molar-refractivity contribution in [3.05, 3.63) is 82.8 Å². The average Bonchev–Trinajstić information content (AvgIpc) is 3.61. The lowest BCUT2D eigenvalue weighted by Gasteiger charge is -2.45. The van der Waals surface area contributed by atoms with Gasteiger partial charge in [-0.3, -0.25) is 14.8 Å². The number of hydrogen-bond donors (Lipinski definition) is 2. The number of nitrogens with one attached hydrogen (secondary N) is 2. The summed E-state index contributed by atoms with van der Waals surface area (Å²) in [5, 5.41) is 10.0. The fourth-order valence-electron chi connectivity index (χ4n) is 6.05. The molecule has 6 rings (SSSR count). The van der Waals surface area contributed by atoms with Gasteiger partial charge in [0.1, 0.15) is 5.82 Å². The molecule has 0 bridgehead atoms. The number of amides is 3. The Labute approximate surface area is 215 Å². The first kappa shape index (κ1) is 23.7. The molecule has 2 N–H and O–H groups in total. The van der Waals surface area contributed by atoms with Crippen LogP contribution in [0, 0.1) is 5.82 Å². The van der Waals surface area contributed by atoms with E-state index in [0.29, 0.717) is 18.4 Å². The van der Waals surface area contributed by atoms with Crippen LogP contribution in [0.15, 0.2) is 54.6 Å². The Morgan fingerprint density at radius 2 is 1.86 bits per heavy atom. The number of hydrogen-bond acceptors (Lipinski definition) is 4. The molecule has 37 heavy (non-hydrogen) atoms. The second-order valence-corrected chi connectivity index (χ2v) is 10.3. The fraction of sp³-hybridized carbons (Fsp3) is 0.393. The van der Waals surface area contributed by atoms with Crippen molar-refractivity contribution in [3.8, 4) is 0 Å². The van der Waals surface area contributed by atoms with Crippen LogP contribution in [0.25, 0.3) is 0 Å². The number of halogens is 1. The van der Waals surface area contributed by atoms with Gasteiger partial charge in [0, 0.05) is 24.7 Å². The van der Waals surface area contributed by atoms with E-state index in [1.54, 1.807) is 12.1 Å². The van der Waals surface area contributed by atoms with Crippen molar-refractivity contribution in [2.24, 2.45) is 0 Å². The van der Waals surface area contributed by atoms with Crippen LogP contribution in [0.2, 0.25) is 0 Å². The number of rotatable bonds is 4. The van der Waals surface area contributed by atoms with Crippen LogP contribution in [-0.2, 0) is 13.0 Å². The van der Waals surface area contributed by atoms with Crippen LogP contribution < -0.4 is 5.32 Å². The van der Waals surface area contributed by atoms with Crippen LogP contribution in [0.4, 0.5) is 15.0 Å². The van der Waals surface area contributed by atoms with E-state index in [2.05, 4.69) is 37.4 Å². The molecule has 2 aromatic carbocycles. The van der Waals surface area contributed by atoms with E-state index in [4.69, 9.17) is 0 Å². The van der Waals surface area contributed by atoms with Crippen molar-refractivity contribution in [1.29, 1.82) is 0 Å². The minimum Gasteiger partial charge on any atom is -0.318 e. The molecule has 0 saturated carbocycles. The van der Waals surface area contributed by atoms with Gasteiger partial charge in [0.2, 0.25) is 0 Å². The number of urea groups is 1. The zero-order valence-corrected chi connectivity index (χ0v) is 20.9. The highest BCUT2D eigenvalue weighted by Gasteiger charge is 2.43. The zero-order valence-electron chi connectivity index (χ0n) is 20.9. The van der Waals surface area contributed by atoms with Crippen LogP contribution in [0.3, 0.4) is 0 Å². The lowest BCUT2D eigenvalue weighted by molar-refractivity contribution is 0.0517. The first-order valence-electron chi connectivity index (χ1n) is 13.0. The summed E-state index contributed by atoms with van der Waals surface area (Å²) in [6, 6.07) is 16.5. The van der Waals surface area contributed by atoms with Crippen molar-refractivity contribution in [2.75, 3.05) is 25.0 Å². The Kier molecular flexibility index (Phi) is 6.16. The van der Waals surface area contributed by atoms with E-state index in [-0.39, 0.29) is 23.7 Å². The number of nitrogens with zero attached hydrogens (tertiary/aromatic N) is 4. The molecule has 1 aromatic heterocycles. The third kappa shape index (κ3) is 4.37. The Morgan fingerprint density at radius 3 is 2.68 bits per heavy atom. The summed E-state index contributed by atoms with van der Waals surface area (Å²) in [6.07, 6.45) is 3.10. The Bertz CT molecular complexity index is 1310. The minimum absolute atomic E-state index is 0.0101. The van der Waals surface area contributed by atoms with Crippen molar-refractivity contribution in [1.82, 2.24) is 24.9 Å². The van der Waals surface area contributed by atoms with Crippen molar-refractivity contribution in [2.45, 2.75) is 50.9 Å². The second-order valence-electron chi connectivity index (χ2n) is 10.3. The lowest BCUT2D eigenvalue weighted by Crippen LogP contribution is -2.60. The second kappa shape index (κ2) is 9.63. The number of carbonyl (C=O) groups excluding carboxylic acids is 2. The number of aromatic amines is 1. The van der Waals surface area contributed by atoms with Crippen molar-refractivity contribution in [3.63, 3.8) is 0 Å². The summed E-state index contributed by atoms with van der Waals surface area (Å²) in [5.74, 6) is -0.815. The number of H-pyrrole nitrogens is 1. The summed E-state index contributed by atoms with van der Waals surface area (Å²) >= 11 is 0. The van der Waals surface area contributed by atoms with Crippen molar-refractivity contribution >= 4 is 17.8 Å². The molecule has 3 aromatic rings. The van der Waals surface area contributed by atoms with E-state index in [9.17, 15) is 14.0 Å². The molecule has 4 heterocycles. The Morgan fingerprint density at radius 1 is 1.08 bits per heavy atom. The molecule has 1 unspecified atom stereocenters.